The van der Waals surface area contributed by atoms with Crippen molar-refractivity contribution in [2.45, 2.75) is 186 Å². The Morgan fingerprint density at radius 1 is 0.234 bits per heavy atom. The summed E-state index contributed by atoms with van der Waals surface area (Å²) >= 11 is 0. The van der Waals surface area contributed by atoms with Crippen LogP contribution in [0.4, 0.5) is 26.3 Å². The molecule has 0 N–H and O–H groups in total. The summed E-state index contributed by atoms with van der Waals surface area (Å²) in [4.78, 5) is 0. The van der Waals surface area contributed by atoms with Crippen LogP contribution in [-0.2, 0) is 29.1 Å². The van der Waals surface area contributed by atoms with Gasteiger partial charge < -0.3 is 52.1 Å². The van der Waals surface area contributed by atoms with Gasteiger partial charge in [-0.25, -0.2) is 0 Å². The van der Waals surface area contributed by atoms with Gasteiger partial charge in [0.1, 0.15) is 115 Å². The first-order valence-electron chi connectivity index (χ1n) is 47.3. The van der Waals surface area contributed by atoms with Crippen molar-refractivity contribution < 1.29 is 78.4 Å². The van der Waals surface area contributed by atoms with Gasteiger partial charge in [-0.1, -0.05) is 287 Å². The van der Waals surface area contributed by atoms with Gasteiger partial charge in [0.2, 0.25) is 0 Å². The Hall–Kier alpha value is -15.1. The molecule has 0 bridgehead atoms. The SMILES string of the molecule is C/C=C/c1c(Oc2ccc(C)cc2)cccc1Oc1ccc(OC(F)(F)F)cc1.C/C=C/c1cc(Oc2ccc(C)cc2)ccc1Oc1ccc(C(C)(C)C)cc1.C/C=C/c1ccc(-c2ccc(C)cc2)cc1Oc1cccc(C(C)(C)C)c1.CCCc1c(Oc2ccc(C)cc2)cccc1Oc1ccc(OC(F)(F)F)cc1.CCCc1cc(Oc2ccc(C)cc2)ccc1Oc1ccc(C(C)(C)C)cc1. The molecule has 0 amide bonds. The highest BCUT2D eigenvalue weighted by Gasteiger charge is 2.32. The summed E-state index contributed by atoms with van der Waals surface area (Å²) in [5, 5.41) is 0. The number of halogens is 6. The standard InChI is InChI=1S/C26H30O2.C26H28O2.C26H28O.C23H21F3O3.C23H19F3O3/c2*1-6-7-20-18-24(27-22-12-8-19(2)9-13-22)16-17-25(20)28-23-14-10-21(11-15-23)26(3,4)5;1-6-8-21-15-16-22(20-13-11-19(2)12-14-20)17-25(21)27-24-10-7-9-23(18-24)26(3,4)5;2*1-3-5-20-21(27-17-10-8-16(2)9-11-17)6-4-7-22(20)28-18-12-14-19(15-13-18)29-23(24,25)26/h8-18H,6-7H2,1-5H3;6-18H,1-5H3;6-18H,1-5H3;4,6-15H,3,5H2,1-2H3;3-15H,1-2H3/b;7-6+;8-6+;;5-3+. The molecule has 0 aliphatic heterocycles. The van der Waals surface area contributed by atoms with Gasteiger partial charge >= 0.3 is 12.7 Å². The van der Waals surface area contributed by atoms with Gasteiger partial charge in [0, 0.05) is 16.7 Å². The smallest absolute Gasteiger partial charge is 0.457 e. The van der Waals surface area contributed by atoms with E-state index in [9.17, 15) is 26.3 Å². The zero-order valence-electron chi connectivity index (χ0n) is 83.8. The topological polar surface area (TPSA) is 102 Å². The molecule has 0 fully saturated rings. The quantitative estimate of drug-likeness (QED) is 0.0438. The monoisotopic (exact) mass is 1900 g/mol. The normalized spacial score (nSPS) is 11.5. The molecule has 15 aromatic rings. The van der Waals surface area contributed by atoms with Crippen LogP contribution in [0, 0.1) is 34.6 Å². The molecule has 730 valence electrons. The van der Waals surface area contributed by atoms with E-state index >= 15 is 0 Å². The third-order valence-corrected chi connectivity index (χ3v) is 22.0. The lowest BCUT2D eigenvalue weighted by Crippen LogP contribution is -2.16. The molecule has 0 aromatic heterocycles. The zero-order chi connectivity index (χ0) is 101. The van der Waals surface area contributed by atoms with Crippen molar-refractivity contribution in [3.8, 4) is 126 Å². The maximum Gasteiger partial charge on any atom is 0.573 e. The fourth-order valence-corrected chi connectivity index (χ4v) is 14.4. The Kier molecular flexibility index (Phi) is 37.7. The predicted octanol–water partition coefficient (Wildman–Crippen LogP) is 38.5. The summed E-state index contributed by atoms with van der Waals surface area (Å²) in [7, 11) is 0. The molecule has 15 aromatic carbocycles. The van der Waals surface area contributed by atoms with Crippen molar-refractivity contribution >= 4 is 18.2 Å². The lowest BCUT2D eigenvalue weighted by molar-refractivity contribution is -0.275. The molecule has 0 spiro atoms. The van der Waals surface area contributed by atoms with Crippen LogP contribution in [0.3, 0.4) is 0 Å². The summed E-state index contributed by atoms with van der Waals surface area (Å²) in [5.41, 5.74) is 17.4. The first-order valence-corrected chi connectivity index (χ1v) is 47.3. The summed E-state index contributed by atoms with van der Waals surface area (Å²) in [6.45, 7) is 40.3. The Balaban J connectivity index is 0.000000168. The molecular weight excluding hydrogens is 1780 g/mol. The second-order valence-electron chi connectivity index (χ2n) is 37.0. The van der Waals surface area contributed by atoms with Gasteiger partial charge in [-0.15, -0.1) is 26.3 Å². The number of aryl methyl sites for hydroxylation is 6. The molecule has 0 aliphatic rings. The molecule has 0 saturated carbocycles. The summed E-state index contributed by atoms with van der Waals surface area (Å²) in [5.74, 6) is 12.4. The molecule has 17 heteroatoms. The number of benzene rings is 15. The van der Waals surface area contributed by atoms with Crippen molar-refractivity contribution in [1.29, 1.82) is 0 Å². The van der Waals surface area contributed by atoms with Crippen LogP contribution in [0.15, 0.2) is 352 Å². The molecule has 0 unspecified atom stereocenters. The van der Waals surface area contributed by atoms with Gasteiger partial charge in [-0.3, -0.25) is 0 Å². The highest BCUT2D eigenvalue weighted by molar-refractivity contribution is 5.71. The Labute approximate surface area is 828 Å². The van der Waals surface area contributed by atoms with E-state index in [0.29, 0.717) is 45.8 Å². The third kappa shape index (κ3) is 34.2. The third-order valence-electron chi connectivity index (χ3n) is 22.0. The fraction of sp³-hybridized carbons (Fsp3) is 0.226. The molecule has 0 heterocycles. The zero-order valence-corrected chi connectivity index (χ0v) is 83.8. The summed E-state index contributed by atoms with van der Waals surface area (Å²) in [6.07, 6.45) is 6.00. The lowest BCUT2D eigenvalue weighted by atomic mass is 9.87. The highest BCUT2D eigenvalue weighted by Crippen LogP contribution is 2.43. The fourth-order valence-electron chi connectivity index (χ4n) is 14.4. The van der Waals surface area contributed by atoms with Gasteiger partial charge in [-0.05, 0) is 318 Å². The van der Waals surface area contributed by atoms with Crippen LogP contribution in [0.25, 0.3) is 29.4 Å². The minimum absolute atomic E-state index is 0.0925. The first-order chi connectivity index (χ1) is 67.2. The van der Waals surface area contributed by atoms with Crippen LogP contribution in [0.2, 0.25) is 0 Å². The summed E-state index contributed by atoms with van der Waals surface area (Å²) in [6, 6.07) is 105. The lowest BCUT2D eigenvalue weighted by Gasteiger charge is -2.20. The van der Waals surface area contributed by atoms with E-state index in [1.807, 2.05) is 235 Å². The average Bonchev–Trinajstić information content (AvgIpc) is 0.804. The van der Waals surface area contributed by atoms with Crippen molar-refractivity contribution in [1.82, 2.24) is 0 Å². The summed E-state index contributed by atoms with van der Waals surface area (Å²) < 4.78 is 136. The van der Waals surface area contributed by atoms with E-state index in [0.717, 1.165) is 128 Å². The van der Waals surface area contributed by atoms with E-state index in [1.54, 1.807) is 12.1 Å². The van der Waals surface area contributed by atoms with E-state index in [2.05, 4.69) is 216 Å². The maximum atomic E-state index is 12.3. The molecule has 0 aliphatic carbocycles. The molecule has 0 radical (unpaired) electrons. The molecule has 11 nitrogen and oxygen atoms in total. The average molecular weight is 1910 g/mol. The molecule has 0 saturated heterocycles. The van der Waals surface area contributed by atoms with Gasteiger partial charge in [0.25, 0.3) is 0 Å². The number of ether oxygens (including phenoxy) is 11. The Morgan fingerprint density at radius 2 is 0.539 bits per heavy atom. The van der Waals surface area contributed by atoms with E-state index in [-0.39, 0.29) is 27.7 Å². The predicted molar refractivity (Wildman–Crippen MR) is 562 cm³/mol. The highest BCUT2D eigenvalue weighted by atomic mass is 19.4. The second-order valence-corrected chi connectivity index (χ2v) is 37.0. The van der Waals surface area contributed by atoms with Crippen LogP contribution in [0.1, 0.15) is 182 Å². The largest absolute Gasteiger partial charge is 0.573 e. The minimum atomic E-state index is -4.73. The van der Waals surface area contributed by atoms with Crippen molar-refractivity contribution in [3.63, 3.8) is 0 Å². The minimum Gasteiger partial charge on any atom is -0.457 e. The number of hydrogen-bond donors (Lipinski definition) is 0. The van der Waals surface area contributed by atoms with Crippen LogP contribution >= 0.6 is 0 Å². The van der Waals surface area contributed by atoms with Crippen LogP contribution in [-0.4, -0.2) is 12.7 Å². The number of rotatable bonds is 28. The Morgan fingerprint density at radius 3 is 0.936 bits per heavy atom. The van der Waals surface area contributed by atoms with E-state index in [4.69, 9.17) is 42.6 Å². The van der Waals surface area contributed by atoms with Crippen LogP contribution < -0.4 is 52.1 Å². The van der Waals surface area contributed by atoms with E-state index < -0.39 is 12.7 Å². The van der Waals surface area contributed by atoms with Crippen molar-refractivity contribution in [2.75, 3.05) is 0 Å². The number of allylic oxidation sites excluding steroid dienone is 3. The second kappa shape index (κ2) is 50.0. The van der Waals surface area contributed by atoms with Gasteiger partial charge in [-0.2, -0.15) is 0 Å². The van der Waals surface area contributed by atoms with Gasteiger partial charge in [0.05, 0.1) is 5.56 Å². The molecule has 15 rings (SSSR count). The first kappa shape index (κ1) is 106. The molecular formula is C124H126F6O11. The van der Waals surface area contributed by atoms with E-state index in [1.165, 1.54) is 87.5 Å². The van der Waals surface area contributed by atoms with Crippen LogP contribution in [0.5, 0.6) is 115 Å². The number of hydrogen-bond acceptors (Lipinski definition) is 11. The maximum absolute atomic E-state index is 12.3. The van der Waals surface area contributed by atoms with Crippen molar-refractivity contribution in [2.24, 2.45) is 0 Å². The molecule has 141 heavy (non-hydrogen) atoms. The molecule has 0 atom stereocenters. The number of alkyl halides is 6. The Bertz CT molecular complexity index is 6570. The van der Waals surface area contributed by atoms with Gasteiger partial charge in [0.15, 0.2) is 0 Å². The van der Waals surface area contributed by atoms with Crippen molar-refractivity contribution in [3.05, 3.63) is 424 Å².